The first-order valence-electron chi connectivity index (χ1n) is 9.56. The second-order valence-electron chi connectivity index (χ2n) is 6.98. The van der Waals surface area contributed by atoms with Gasteiger partial charge in [-0.2, -0.15) is 0 Å². The summed E-state index contributed by atoms with van der Waals surface area (Å²) in [6.07, 6.45) is 0. The summed E-state index contributed by atoms with van der Waals surface area (Å²) < 4.78 is 28.3. The number of phenols is 1. The molecule has 4 rings (SSSR count). The molecule has 0 spiro atoms. The minimum Gasteiger partial charge on any atom is -0.508 e. The molecule has 0 unspecified atom stereocenters. The van der Waals surface area contributed by atoms with Crippen LogP contribution in [-0.4, -0.2) is 24.4 Å². The predicted molar refractivity (Wildman–Crippen MR) is 126 cm³/mol. The molecule has 0 aliphatic heterocycles. The molecule has 3 aromatic carbocycles. The first-order valence-corrected chi connectivity index (χ1v) is 11.9. The summed E-state index contributed by atoms with van der Waals surface area (Å²) in [7, 11) is -3.79. The normalized spacial score (nSPS) is 11.2. The Kier molecular flexibility index (Phi) is 5.93. The Morgan fingerprint density at radius 1 is 0.938 bits per heavy atom. The summed E-state index contributed by atoms with van der Waals surface area (Å²) in [6.45, 7) is 1.41. The van der Waals surface area contributed by atoms with E-state index in [2.05, 4.69) is 15.0 Å². The Balaban J connectivity index is 1.53. The fourth-order valence-electron chi connectivity index (χ4n) is 3.05. The van der Waals surface area contributed by atoms with Gasteiger partial charge in [-0.1, -0.05) is 36.4 Å². The van der Waals surface area contributed by atoms with Gasteiger partial charge in [0, 0.05) is 23.6 Å². The lowest BCUT2D eigenvalue weighted by molar-refractivity contribution is -0.114. The molecule has 0 aliphatic rings. The molecular formula is C23H19N3O4S2. The number of anilines is 2. The number of carbonyl (C=O) groups excluding carboxylic acids is 1. The van der Waals surface area contributed by atoms with Crippen molar-refractivity contribution in [2.24, 2.45) is 0 Å². The van der Waals surface area contributed by atoms with Crippen molar-refractivity contribution in [2.75, 3.05) is 10.0 Å². The van der Waals surface area contributed by atoms with Crippen molar-refractivity contribution in [3.8, 4) is 28.1 Å². The summed E-state index contributed by atoms with van der Waals surface area (Å²) >= 11 is 1.29. The Labute approximate surface area is 189 Å². The minimum atomic E-state index is -3.79. The number of amides is 1. The van der Waals surface area contributed by atoms with Gasteiger partial charge in [0.2, 0.25) is 5.91 Å². The molecule has 9 heteroatoms. The number of nitrogens with zero attached hydrogens (tertiary/aromatic N) is 1. The number of hydrogen-bond acceptors (Lipinski definition) is 6. The maximum Gasteiger partial charge on any atom is 0.261 e. The predicted octanol–water partition coefficient (Wildman–Crippen LogP) is 4.94. The topological polar surface area (TPSA) is 108 Å². The molecule has 0 bridgehead atoms. The van der Waals surface area contributed by atoms with Crippen LogP contribution in [0.15, 0.2) is 83.1 Å². The highest BCUT2D eigenvalue weighted by atomic mass is 32.2. The number of rotatable bonds is 6. The van der Waals surface area contributed by atoms with E-state index in [0.717, 1.165) is 16.7 Å². The lowest BCUT2D eigenvalue weighted by Crippen LogP contribution is -2.12. The van der Waals surface area contributed by atoms with Gasteiger partial charge in [-0.25, -0.2) is 13.4 Å². The van der Waals surface area contributed by atoms with E-state index in [4.69, 9.17) is 0 Å². The highest BCUT2D eigenvalue weighted by Gasteiger charge is 2.15. The third-order valence-electron chi connectivity index (χ3n) is 4.56. The number of benzene rings is 3. The molecule has 32 heavy (non-hydrogen) atoms. The van der Waals surface area contributed by atoms with Crippen molar-refractivity contribution in [1.29, 1.82) is 0 Å². The maximum absolute atomic E-state index is 12.9. The summed E-state index contributed by atoms with van der Waals surface area (Å²) in [5.74, 6) is -0.0350. The molecule has 0 aliphatic carbocycles. The monoisotopic (exact) mass is 465 g/mol. The fraction of sp³-hybridized carbons (Fsp3) is 0.0435. The average molecular weight is 466 g/mol. The summed E-state index contributed by atoms with van der Waals surface area (Å²) in [5, 5.41) is 14.3. The van der Waals surface area contributed by atoms with Crippen LogP contribution in [-0.2, 0) is 14.8 Å². The lowest BCUT2D eigenvalue weighted by atomic mass is 10.1. The molecule has 1 amide bonds. The van der Waals surface area contributed by atoms with Crippen LogP contribution in [0.2, 0.25) is 0 Å². The Bertz CT molecular complexity index is 1360. The molecule has 1 heterocycles. The molecule has 0 radical (unpaired) electrons. The Morgan fingerprint density at radius 3 is 2.25 bits per heavy atom. The third-order valence-corrected chi connectivity index (χ3v) is 6.72. The van der Waals surface area contributed by atoms with Crippen LogP contribution in [0, 0.1) is 0 Å². The van der Waals surface area contributed by atoms with E-state index in [9.17, 15) is 18.3 Å². The summed E-state index contributed by atoms with van der Waals surface area (Å²) in [6, 6.07) is 20.1. The number of thiazole rings is 1. The number of phenolic OH excluding ortho intramolecular Hbond substituents is 1. The lowest BCUT2D eigenvalue weighted by Gasteiger charge is -2.10. The molecule has 0 fully saturated rings. The van der Waals surface area contributed by atoms with Crippen molar-refractivity contribution in [2.45, 2.75) is 11.8 Å². The number of carbonyl (C=O) groups is 1. The molecule has 162 valence electrons. The molecule has 3 N–H and O–H groups in total. The van der Waals surface area contributed by atoms with Crippen LogP contribution >= 0.6 is 11.3 Å². The molecule has 0 atom stereocenters. The van der Waals surface area contributed by atoms with Crippen molar-refractivity contribution in [3.05, 3.63) is 78.2 Å². The van der Waals surface area contributed by atoms with E-state index in [1.165, 1.54) is 30.4 Å². The van der Waals surface area contributed by atoms with Crippen LogP contribution < -0.4 is 10.0 Å². The second-order valence-corrected chi connectivity index (χ2v) is 9.52. The SMILES string of the molecule is CC(=O)Nc1nc(-c2cccc(NS(=O)(=O)c3ccc(-c4ccc(O)cc4)cc3)c2)cs1. The minimum absolute atomic E-state index is 0.132. The van der Waals surface area contributed by atoms with Crippen LogP contribution in [0.1, 0.15) is 6.92 Å². The van der Waals surface area contributed by atoms with Gasteiger partial charge in [0.25, 0.3) is 10.0 Å². The number of aromatic hydroxyl groups is 1. The van der Waals surface area contributed by atoms with E-state index in [1.807, 2.05) is 6.07 Å². The zero-order valence-corrected chi connectivity index (χ0v) is 18.6. The maximum atomic E-state index is 12.9. The van der Waals surface area contributed by atoms with Crippen molar-refractivity contribution in [1.82, 2.24) is 4.98 Å². The Hall–Kier alpha value is -3.69. The van der Waals surface area contributed by atoms with Gasteiger partial charge in [-0.05, 0) is 47.5 Å². The van der Waals surface area contributed by atoms with Gasteiger partial charge < -0.3 is 10.4 Å². The van der Waals surface area contributed by atoms with Crippen LogP contribution in [0.5, 0.6) is 5.75 Å². The van der Waals surface area contributed by atoms with E-state index < -0.39 is 10.0 Å². The first-order chi connectivity index (χ1) is 15.3. The Morgan fingerprint density at radius 2 is 1.59 bits per heavy atom. The summed E-state index contributed by atoms with van der Waals surface area (Å²) in [5.41, 5.74) is 3.47. The molecule has 0 saturated carbocycles. The van der Waals surface area contributed by atoms with Gasteiger partial charge in [-0.3, -0.25) is 9.52 Å². The second kappa shape index (κ2) is 8.81. The van der Waals surface area contributed by atoms with Crippen molar-refractivity contribution in [3.63, 3.8) is 0 Å². The van der Waals surface area contributed by atoms with Crippen LogP contribution in [0.4, 0.5) is 10.8 Å². The van der Waals surface area contributed by atoms with E-state index >= 15 is 0 Å². The number of nitrogens with one attached hydrogen (secondary N) is 2. The molecule has 7 nitrogen and oxygen atoms in total. The standard InChI is InChI=1S/C23H19N3O4S2/c1-15(27)24-23-25-22(14-31-23)18-3-2-4-19(13-18)26-32(29,30)21-11-7-17(8-12-21)16-5-9-20(28)10-6-16/h2-14,26,28H,1H3,(H,24,25,27). The smallest absolute Gasteiger partial charge is 0.261 e. The largest absolute Gasteiger partial charge is 0.508 e. The molecule has 4 aromatic rings. The van der Waals surface area contributed by atoms with Crippen LogP contribution in [0.3, 0.4) is 0 Å². The van der Waals surface area contributed by atoms with Crippen LogP contribution in [0.25, 0.3) is 22.4 Å². The van der Waals surface area contributed by atoms with Gasteiger partial charge in [-0.15, -0.1) is 11.3 Å². The molecule has 0 saturated heterocycles. The van der Waals surface area contributed by atoms with Crippen molar-refractivity contribution >= 4 is 38.1 Å². The van der Waals surface area contributed by atoms with Gasteiger partial charge in [0.05, 0.1) is 10.6 Å². The van der Waals surface area contributed by atoms with Gasteiger partial charge >= 0.3 is 0 Å². The summed E-state index contributed by atoms with van der Waals surface area (Å²) in [4.78, 5) is 15.7. The zero-order chi connectivity index (χ0) is 22.7. The molecular weight excluding hydrogens is 446 g/mol. The van der Waals surface area contributed by atoms with E-state index in [0.29, 0.717) is 16.5 Å². The fourth-order valence-corrected chi connectivity index (χ4v) is 4.87. The van der Waals surface area contributed by atoms with E-state index in [1.54, 1.807) is 60.0 Å². The number of hydrogen-bond donors (Lipinski definition) is 3. The highest BCUT2D eigenvalue weighted by Crippen LogP contribution is 2.28. The van der Waals surface area contributed by atoms with Gasteiger partial charge in [0.1, 0.15) is 5.75 Å². The number of sulfonamides is 1. The van der Waals surface area contributed by atoms with Crippen molar-refractivity contribution < 1.29 is 18.3 Å². The first kappa shape index (κ1) is 21.5. The quantitative estimate of drug-likeness (QED) is 0.374. The zero-order valence-electron chi connectivity index (χ0n) is 16.9. The number of aromatic nitrogens is 1. The molecule has 1 aromatic heterocycles. The van der Waals surface area contributed by atoms with E-state index in [-0.39, 0.29) is 16.6 Å². The highest BCUT2D eigenvalue weighted by molar-refractivity contribution is 7.92. The third kappa shape index (κ3) is 4.96. The van der Waals surface area contributed by atoms with Gasteiger partial charge in [0.15, 0.2) is 5.13 Å². The average Bonchev–Trinajstić information content (AvgIpc) is 3.22.